The molecule has 1 saturated heterocycles. The number of hydrogen-bond acceptors (Lipinski definition) is 4. The first kappa shape index (κ1) is 26.4. The Balaban J connectivity index is 0.00000363. The van der Waals surface area contributed by atoms with Gasteiger partial charge in [-0.3, -0.25) is 14.6 Å². The van der Waals surface area contributed by atoms with Gasteiger partial charge in [-0.1, -0.05) is 32.0 Å². The third kappa shape index (κ3) is 6.37. The summed E-state index contributed by atoms with van der Waals surface area (Å²) >= 11 is 0. The van der Waals surface area contributed by atoms with Crippen molar-refractivity contribution < 1.29 is 4.74 Å². The van der Waals surface area contributed by atoms with Crippen LogP contribution in [-0.2, 0) is 13.6 Å². The number of hydrogen-bond donors (Lipinski definition) is 1. The smallest absolute Gasteiger partial charge is 0.193 e. The zero-order valence-corrected chi connectivity index (χ0v) is 22.7. The first-order valence-electron chi connectivity index (χ1n) is 11.3. The van der Waals surface area contributed by atoms with E-state index in [9.17, 15) is 0 Å². The zero-order chi connectivity index (χ0) is 22.4. The topological polar surface area (TPSA) is 57.9 Å². The third-order valence-corrected chi connectivity index (χ3v) is 6.00. The second-order valence-corrected chi connectivity index (χ2v) is 8.65. The molecule has 1 aliphatic heterocycles. The Morgan fingerprint density at radius 3 is 2.56 bits per heavy atom. The lowest BCUT2D eigenvalue weighted by molar-refractivity contribution is 0.238. The fourth-order valence-electron chi connectivity index (χ4n) is 4.50. The molecule has 1 atom stereocenters. The Labute approximate surface area is 210 Å². The van der Waals surface area contributed by atoms with Crippen molar-refractivity contribution in [3.8, 4) is 5.75 Å². The maximum Gasteiger partial charge on any atom is 0.193 e. The Morgan fingerprint density at radius 2 is 1.94 bits per heavy atom. The van der Waals surface area contributed by atoms with Gasteiger partial charge in [0.05, 0.1) is 18.8 Å². The van der Waals surface area contributed by atoms with Gasteiger partial charge in [0.1, 0.15) is 5.75 Å². The molecule has 0 bridgehead atoms. The molecule has 32 heavy (non-hydrogen) atoms. The standard InChI is InChI=1S/C24H38N6O.HI/c1-18(2)23-19(17-29(5)27-23)16-28(4)24(25-3)26-15-21(30-13-9-10-14-30)20-11-7-8-12-22(20)31-6;/h7-8,11-12,17-18,21H,9-10,13-16H2,1-6H3,(H,25,26);1H. The van der Waals surface area contributed by atoms with Gasteiger partial charge in [-0.2, -0.15) is 5.10 Å². The van der Waals surface area contributed by atoms with Gasteiger partial charge in [-0.15, -0.1) is 24.0 Å². The summed E-state index contributed by atoms with van der Waals surface area (Å²) < 4.78 is 7.58. The average Bonchev–Trinajstić information content (AvgIpc) is 3.41. The van der Waals surface area contributed by atoms with Gasteiger partial charge in [0.2, 0.25) is 0 Å². The number of nitrogens with one attached hydrogen (secondary N) is 1. The number of methoxy groups -OCH3 is 1. The average molecular weight is 555 g/mol. The van der Waals surface area contributed by atoms with E-state index in [-0.39, 0.29) is 30.0 Å². The minimum atomic E-state index is 0. The maximum atomic E-state index is 5.68. The van der Waals surface area contributed by atoms with Crippen LogP contribution < -0.4 is 10.1 Å². The van der Waals surface area contributed by atoms with E-state index < -0.39 is 0 Å². The number of likely N-dealkylation sites (tertiary alicyclic amines) is 1. The van der Waals surface area contributed by atoms with Crippen molar-refractivity contribution in [3.05, 3.63) is 47.3 Å². The fraction of sp³-hybridized carbons (Fsp3) is 0.583. The first-order chi connectivity index (χ1) is 14.9. The number of halogens is 1. The normalized spacial score (nSPS) is 15.5. The van der Waals surface area contributed by atoms with E-state index in [0.717, 1.165) is 43.6 Å². The number of nitrogens with zero attached hydrogens (tertiary/aromatic N) is 5. The van der Waals surface area contributed by atoms with Gasteiger partial charge < -0.3 is 15.0 Å². The molecule has 0 radical (unpaired) electrons. The highest BCUT2D eigenvalue weighted by atomic mass is 127. The van der Waals surface area contributed by atoms with Crippen LogP contribution in [0.25, 0.3) is 0 Å². The Kier molecular flexibility index (Phi) is 10.3. The molecule has 7 nitrogen and oxygen atoms in total. The largest absolute Gasteiger partial charge is 0.496 e. The molecular formula is C24H39IN6O. The molecule has 1 unspecified atom stereocenters. The van der Waals surface area contributed by atoms with Crippen LogP contribution in [0.2, 0.25) is 0 Å². The summed E-state index contributed by atoms with van der Waals surface area (Å²) in [6.45, 7) is 8.16. The lowest BCUT2D eigenvalue weighted by Crippen LogP contribution is -2.43. The van der Waals surface area contributed by atoms with Crippen LogP contribution in [-0.4, -0.2) is 66.4 Å². The van der Waals surface area contributed by atoms with Crippen LogP contribution in [0, 0.1) is 0 Å². The number of ether oxygens (including phenoxy) is 1. The Morgan fingerprint density at radius 1 is 1.25 bits per heavy atom. The monoisotopic (exact) mass is 554 g/mol. The number of benzene rings is 1. The fourth-order valence-corrected chi connectivity index (χ4v) is 4.50. The highest BCUT2D eigenvalue weighted by Gasteiger charge is 2.26. The molecule has 8 heteroatoms. The van der Waals surface area contributed by atoms with E-state index in [2.05, 4.69) is 70.5 Å². The van der Waals surface area contributed by atoms with Gasteiger partial charge in [0, 0.05) is 51.6 Å². The highest BCUT2D eigenvalue weighted by Crippen LogP contribution is 2.31. The lowest BCUT2D eigenvalue weighted by Gasteiger charge is -2.31. The molecule has 0 amide bonds. The van der Waals surface area contributed by atoms with Crippen LogP contribution in [0.1, 0.15) is 55.5 Å². The second-order valence-electron chi connectivity index (χ2n) is 8.65. The minimum Gasteiger partial charge on any atom is -0.496 e. The van der Waals surface area contributed by atoms with Gasteiger partial charge in [-0.25, -0.2) is 0 Å². The highest BCUT2D eigenvalue weighted by molar-refractivity contribution is 14.0. The van der Waals surface area contributed by atoms with Gasteiger partial charge in [-0.05, 0) is 37.9 Å². The Hall–Kier alpha value is -1.81. The van der Waals surface area contributed by atoms with E-state index in [1.807, 2.05) is 24.8 Å². The molecule has 1 aromatic heterocycles. The SMILES string of the molecule is CN=C(NCC(c1ccccc1OC)N1CCCC1)N(C)Cc1cn(C)nc1C(C)C.I. The van der Waals surface area contributed by atoms with Crippen molar-refractivity contribution in [2.45, 2.75) is 45.2 Å². The predicted octanol–water partition coefficient (Wildman–Crippen LogP) is 4.01. The van der Waals surface area contributed by atoms with Crippen LogP contribution in [0.15, 0.2) is 35.5 Å². The van der Waals surface area contributed by atoms with Crippen molar-refractivity contribution in [1.82, 2.24) is 24.9 Å². The van der Waals surface area contributed by atoms with Crippen molar-refractivity contribution >= 4 is 29.9 Å². The molecule has 1 N–H and O–H groups in total. The molecule has 0 aliphatic carbocycles. The third-order valence-electron chi connectivity index (χ3n) is 6.00. The Bertz CT molecular complexity index is 875. The minimum absolute atomic E-state index is 0. The van der Waals surface area contributed by atoms with E-state index in [4.69, 9.17) is 4.74 Å². The van der Waals surface area contributed by atoms with E-state index in [0.29, 0.717) is 5.92 Å². The molecule has 2 heterocycles. The first-order valence-corrected chi connectivity index (χ1v) is 11.3. The number of para-hydroxylation sites is 1. The van der Waals surface area contributed by atoms with Crippen molar-refractivity contribution in [2.75, 3.05) is 40.8 Å². The van der Waals surface area contributed by atoms with Crippen LogP contribution in [0.4, 0.5) is 0 Å². The molecule has 2 aromatic rings. The van der Waals surface area contributed by atoms with Crippen molar-refractivity contribution in [3.63, 3.8) is 0 Å². The van der Waals surface area contributed by atoms with E-state index in [1.54, 1.807) is 7.11 Å². The molecule has 3 rings (SSSR count). The van der Waals surface area contributed by atoms with Gasteiger partial charge in [0.15, 0.2) is 5.96 Å². The summed E-state index contributed by atoms with van der Waals surface area (Å²) in [5.74, 6) is 2.23. The molecule has 1 aliphatic rings. The summed E-state index contributed by atoms with van der Waals surface area (Å²) in [6.07, 6.45) is 4.61. The summed E-state index contributed by atoms with van der Waals surface area (Å²) in [5, 5.41) is 8.27. The molecule has 0 spiro atoms. The van der Waals surface area contributed by atoms with Crippen LogP contribution >= 0.6 is 24.0 Å². The molecule has 0 saturated carbocycles. The maximum absolute atomic E-state index is 5.68. The summed E-state index contributed by atoms with van der Waals surface area (Å²) in [7, 11) is 7.66. The second kappa shape index (κ2) is 12.4. The van der Waals surface area contributed by atoms with Crippen molar-refractivity contribution in [2.24, 2.45) is 12.0 Å². The molecular weight excluding hydrogens is 515 g/mol. The number of guanidine groups is 1. The number of aryl methyl sites for hydroxylation is 1. The zero-order valence-electron chi connectivity index (χ0n) is 20.3. The summed E-state index contributed by atoms with van der Waals surface area (Å²) in [4.78, 5) is 9.28. The van der Waals surface area contributed by atoms with Gasteiger partial charge in [0.25, 0.3) is 0 Å². The van der Waals surface area contributed by atoms with Gasteiger partial charge >= 0.3 is 0 Å². The molecule has 1 fully saturated rings. The number of aromatic nitrogens is 2. The molecule has 1 aromatic carbocycles. The van der Waals surface area contributed by atoms with Crippen LogP contribution in [0.3, 0.4) is 0 Å². The van der Waals surface area contributed by atoms with Crippen molar-refractivity contribution in [1.29, 1.82) is 0 Å². The van der Waals surface area contributed by atoms with E-state index >= 15 is 0 Å². The predicted molar refractivity (Wildman–Crippen MR) is 142 cm³/mol. The number of rotatable bonds is 8. The molecule has 178 valence electrons. The number of aliphatic imine (C=N–C) groups is 1. The summed E-state index contributed by atoms with van der Waals surface area (Å²) in [6, 6.07) is 8.60. The summed E-state index contributed by atoms with van der Waals surface area (Å²) in [5.41, 5.74) is 3.62. The lowest BCUT2D eigenvalue weighted by atomic mass is 10.0. The van der Waals surface area contributed by atoms with E-state index in [1.165, 1.54) is 24.0 Å². The quantitative estimate of drug-likeness (QED) is 0.304. The van der Waals surface area contributed by atoms with Crippen LogP contribution in [0.5, 0.6) is 5.75 Å².